The lowest BCUT2D eigenvalue weighted by atomic mass is 10.1. The van der Waals surface area contributed by atoms with Gasteiger partial charge in [-0.2, -0.15) is 0 Å². The summed E-state index contributed by atoms with van der Waals surface area (Å²) in [5, 5.41) is 11.8. The van der Waals surface area contributed by atoms with Gasteiger partial charge in [0.25, 0.3) is 11.2 Å². The standard InChI is InChI=1S/C19H19N5O4/c1-28-14-4-2-13(3-5-14)22-6-8-23(9-7-22)17-11-16-15(10-18(17)24(26)27)19(25)21-12-20-16/h2-5,10-12H,6-9H2,1H3,(H,20,21,25). The second-order valence-electron chi connectivity index (χ2n) is 6.52. The molecule has 0 spiro atoms. The SMILES string of the molecule is COc1ccc(N2CCN(c3cc4nc[nH]c(=O)c4cc3[N+](=O)[O-])CC2)cc1. The third-order valence-corrected chi connectivity index (χ3v) is 4.99. The number of piperazine rings is 1. The maximum absolute atomic E-state index is 11.9. The normalized spacial score (nSPS) is 14.3. The molecule has 28 heavy (non-hydrogen) atoms. The summed E-state index contributed by atoms with van der Waals surface area (Å²) in [4.78, 5) is 33.9. The molecule has 0 amide bonds. The third kappa shape index (κ3) is 3.22. The molecule has 2 aromatic carbocycles. The number of benzene rings is 2. The number of hydrogen-bond donors (Lipinski definition) is 1. The average Bonchev–Trinajstić information content (AvgIpc) is 2.73. The Morgan fingerprint density at radius 1 is 1.11 bits per heavy atom. The van der Waals surface area contributed by atoms with Gasteiger partial charge in [0.15, 0.2) is 0 Å². The zero-order chi connectivity index (χ0) is 19.7. The van der Waals surface area contributed by atoms with E-state index in [0.717, 1.165) is 24.5 Å². The van der Waals surface area contributed by atoms with Crippen LogP contribution < -0.4 is 20.1 Å². The highest BCUT2D eigenvalue weighted by Crippen LogP contribution is 2.32. The van der Waals surface area contributed by atoms with Crippen LogP contribution in [-0.2, 0) is 0 Å². The number of H-pyrrole nitrogens is 1. The summed E-state index contributed by atoms with van der Waals surface area (Å²) in [6.07, 6.45) is 1.31. The maximum atomic E-state index is 11.9. The minimum absolute atomic E-state index is 0.0797. The van der Waals surface area contributed by atoms with Crippen LogP contribution in [0.4, 0.5) is 17.1 Å². The fourth-order valence-corrected chi connectivity index (χ4v) is 3.49. The molecule has 144 valence electrons. The summed E-state index contributed by atoms with van der Waals surface area (Å²) in [6, 6.07) is 10.8. The molecule has 4 rings (SSSR count). The first-order valence-corrected chi connectivity index (χ1v) is 8.86. The maximum Gasteiger partial charge on any atom is 0.293 e. The van der Waals surface area contributed by atoms with E-state index in [0.29, 0.717) is 24.3 Å². The Morgan fingerprint density at radius 3 is 2.43 bits per heavy atom. The molecule has 0 radical (unpaired) electrons. The van der Waals surface area contributed by atoms with Crippen molar-refractivity contribution < 1.29 is 9.66 Å². The van der Waals surface area contributed by atoms with Gasteiger partial charge in [0.2, 0.25) is 0 Å². The largest absolute Gasteiger partial charge is 0.497 e. The number of nitrogens with one attached hydrogen (secondary N) is 1. The topological polar surface area (TPSA) is 105 Å². The Balaban J connectivity index is 1.60. The van der Waals surface area contributed by atoms with Crippen LogP contribution in [0.3, 0.4) is 0 Å². The predicted molar refractivity (Wildman–Crippen MR) is 106 cm³/mol. The second-order valence-corrected chi connectivity index (χ2v) is 6.52. The molecule has 0 aliphatic carbocycles. The van der Waals surface area contributed by atoms with Gasteiger partial charge in [0, 0.05) is 37.9 Å². The molecule has 0 saturated carbocycles. The van der Waals surface area contributed by atoms with Gasteiger partial charge in [-0.25, -0.2) is 4.98 Å². The van der Waals surface area contributed by atoms with Gasteiger partial charge < -0.3 is 19.5 Å². The highest BCUT2D eigenvalue weighted by Gasteiger charge is 2.25. The Bertz CT molecular complexity index is 1070. The van der Waals surface area contributed by atoms with Crippen LogP contribution in [0.5, 0.6) is 5.75 Å². The first-order valence-electron chi connectivity index (χ1n) is 8.86. The van der Waals surface area contributed by atoms with Gasteiger partial charge in [0.05, 0.1) is 29.3 Å². The van der Waals surface area contributed by atoms with Gasteiger partial charge in [-0.3, -0.25) is 14.9 Å². The van der Waals surface area contributed by atoms with Crippen molar-refractivity contribution in [2.45, 2.75) is 0 Å². The minimum Gasteiger partial charge on any atom is -0.497 e. The van der Waals surface area contributed by atoms with Crippen LogP contribution in [0.1, 0.15) is 0 Å². The van der Waals surface area contributed by atoms with Crippen molar-refractivity contribution in [3.05, 3.63) is 63.2 Å². The van der Waals surface area contributed by atoms with Gasteiger partial charge in [0.1, 0.15) is 11.4 Å². The van der Waals surface area contributed by atoms with Crippen LogP contribution in [0.2, 0.25) is 0 Å². The first kappa shape index (κ1) is 17.8. The number of nitro groups is 1. The highest BCUT2D eigenvalue weighted by molar-refractivity contribution is 5.87. The van der Waals surface area contributed by atoms with Crippen molar-refractivity contribution in [3.63, 3.8) is 0 Å². The van der Waals surface area contributed by atoms with E-state index in [4.69, 9.17) is 4.74 Å². The van der Waals surface area contributed by atoms with E-state index in [9.17, 15) is 14.9 Å². The zero-order valence-corrected chi connectivity index (χ0v) is 15.3. The van der Waals surface area contributed by atoms with Crippen molar-refractivity contribution in [3.8, 4) is 5.75 Å². The number of aromatic amines is 1. The van der Waals surface area contributed by atoms with Crippen molar-refractivity contribution in [2.75, 3.05) is 43.1 Å². The summed E-state index contributed by atoms with van der Waals surface area (Å²) in [5.41, 5.74) is 1.56. The number of ether oxygens (including phenoxy) is 1. The molecule has 9 heteroatoms. The van der Waals surface area contributed by atoms with Crippen LogP contribution >= 0.6 is 0 Å². The first-order chi connectivity index (χ1) is 13.6. The lowest BCUT2D eigenvalue weighted by molar-refractivity contribution is -0.384. The molecule has 1 aromatic heterocycles. The summed E-state index contributed by atoms with van der Waals surface area (Å²) >= 11 is 0. The molecule has 3 aromatic rings. The highest BCUT2D eigenvalue weighted by atomic mass is 16.6. The molecule has 1 aliphatic heterocycles. The fraction of sp³-hybridized carbons (Fsp3) is 0.263. The predicted octanol–water partition coefficient (Wildman–Crippen LogP) is 2.17. The lowest BCUT2D eigenvalue weighted by Gasteiger charge is -2.37. The number of rotatable bonds is 4. The van der Waals surface area contributed by atoms with E-state index in [1.165, 1.54) is 12.4 Å². The third-order valence-electron chi connectivity index (χ3n) is 4.99. The number of anilines is 2. The van der Waals surface area contributed by atoms with E-state index < -0.39 is 4.92 Å². The molecular weight excluding hydrogens is 362 g/mol. The molecule has 1 fully saturated rings. The molecule has 9 nitrogen and oxygen atoms in total. The van der Waals surface area contributed by atoms with Crippen LogP contribution in [-0.4, -0.2) is 48.2 Å². The Morgan fingerprint density at radius 2 is 1.79 bits per heavy atom. The molecule has 0 bridgehead atoms. The quantitative estimate of drug-likeness (QED) is 0.545. The van der Waals surface area contributed by atoms with Crippen LogP contribution in [0.15, 0.2) is 47.5 Å². The number of aromatic nitrogens is 2. The number of fused-ring (bicyclic) bond motifs is 1. The summed E-state index contributed by atoms with van der Waals surface area (Å²) in [6.45, 7) is 2.71. The van der Waals surface area contributed by atoms with Crippen molar-refractivity contribution >= 4 is 28.0 Å². The van der Waals surface area contributed by atoms with Crippen molar-refractivity contribution in [2.24, 2.45) is 0 Å². The van der Waals surface area contributed by atoms with E-state index >= 15 is 0 Å². The van der Waals surface area contributed by atoms with E-state index in [1.807, 2.05) is 29.2 Å². The Kier molecular flexibility index (Phi) is 4.56. The van der Waals surface area contributed by atoms with Crippen molar-refractivity contribution in [1.82, 2.24) is 9.97 Å². The average molecular weight is 381 g/mol. The minimum atomic E-state index is -0.447. The zero-order valence-electron chi connectivity index (χ0n) is 15.3. The van der Waals surface area contributed by atoms with E-state index in [2.05, 4.69) is 14.9 Å². The van der Waals surface area contributed by atoms with E-state index in [1.54, 1.807) is 13.2 Å². The molecule has 1 aliphatic rings. The second kappa shape index (κ2) is 7.18. The summed E-state index contributed by atoms with van der Waals surface area (Å²) < 4.78 is 5.19. The smallest absolute Gasteiger partial charge is 0.293 e. The number of nitro benzene ring substituents is 1. The van der Waals surface area contributed by atoms with Gasteiger partial charge >= 0.3 is 0 Å². The van der Waals surface area contributed by atoms with Crippen LogP contribution in [0.25, 0.3) is 10.9 Å². The Hall–Kier alpha value is -3.62. The van der Waals surface area contributed by atoms with Gasteiger partial charge in [-0.05, 0) is 30.3 Å². The fourth-order valence-electron chi connectivity index (χ4n) is 3.49. The number of nitrogens with zero attached hydrogens (tertiary/aromatic N) is 4. The molecular formula is C19H19N5O4. The lowest BCUT2D eigenvalue weighted by Crippen LogP contribution is -2.46. The number of hydrogen-bond acceptors (Lipinski definition) is 7. The van der Waals surface area contributed by atoms with Crippen molar-refractivity contribution in [1.29, 1.82) is 0 Å². The molecule has 1 N–H and O–H groups in total. The molecule has 2 heterocycles. The molecule has 0 unspecified atom stereocenters. The van der Waals surface area contributed by atoms with Gasteiger partial charge in [-0.15, -0.1) is 0 Å². The number of methoxy groups -OCH3 is 1. The van der Waals surface area contributed by atoms with Crippen LogP contribution in [0, 0.1) is 10.1 Å². The molecule has 1 saturated heterocycles. The molecule has 0 atom stereocenters. The van der Waals surface area contributed by atoms with Gasteiger partial charge in [-0.1, -0.05) is 0 Å². The summed E-state index contributed by atoms with van der Waals surface area (Å²) in [7, 11) is 1.63. The Labute approximate surface area is 160 Å². The monoisotopic (exact) mass is 381 g/mol. The van der Waals surface area contributed by atoms with E-state index in [-0.39, 0.29) is 16.6 Å². The summed E-state index contributed by atoms with van der Waals surface area (Å²) in [5.74, 6) is 0.802.